The van der Waals surface area contributed by atoms with Crippen molar-refractivity contribution in [3.63, 3.8) is 0 Å². The Balaban J connectivity index is 2.31. The standard InChI is InChI=1S/C15H23N/c1-4-13(3)15(5-2)12-16-11-14-9-7-6-8-10-14/h5-10,13,15-16H,2,4,11-12H2,1,3H3. The van der Waals surface area contributed by atoms with E-state index in [0.717, 1.165) is 13.1 Å². The maximum Gasteiger partial charge on any atom is 0.0205 e. The Morgan fingerprint density at radius 1 is 1.31 bits per heavy atom. The molecule has 2 atom stereocenters. The minimum absolute atomic E-state index is 0.578. The Bertz CT molecular complexity index is 292. The van der Waals surface area contributed by atoms with E-state index in [-0.39, 0.29) is 0 Å². The largest absolute Gasteiger partial charge is 0.312 e. The second-order valence-electron chi connectivity index (χ2n) is 4.40. The van der Waals surface area contributed by atoms with Crippen molar-refractivity contribution in [1.29, 1.82) is 0 Å². The van der Waals surface area contributed by atoms with Gasteiger partial charge in [0.1, 0.15) is 0 Å². The third-order valence-electron chi connectivity index (χ3n) is 3.23. The maximum atomic E-state index is 3.92. The lowest BCUT2D eigenvalue weighted by molar-refractivity contribution is 0.394. The summed E-state index contributed by atoms with van der Waals surface area (Å²) in [7, 11) is 0. The lowest BCUT2D eigenvalue weighted by Gasteiger charge is -2.19. The van der Waals surface area contributed by atoms with Crippen LogP contribution in [0, 0.1) is 11.8 Å². The van der Waals surface area contributed by atoms with Crippen LogP contribution in [0.1, 0.15) is 25.8 Å². The molecule has 0 aliphatic rings. The minimum atomic E-state index is 0.578. The second-order valence-corrected chi connectivity index (χ2v) is 4.40. The highest BCUT2D eigenvalue weighted by molar-refractivity contribution is 5.14. The van der Waals surface area contributed by atoms with Crippen LogP contribution in [-0.2, 0) is 6.54 Å². The van der Waals surface area contributed by atoms with Gasteiger partial charge in [0.25, 0.3) is 0 Å². The maximum absolute atomic E-state index is 3.92. The van der Waals surface area contributed by atoms with E-state index in [1.54, 1.807) is 0 Å². The van der Waals surface area contributed by atoms with Crippen molar-refractivity contribution in [2.45, 2.75) is 26.8 Å². The van der Waals surface area contributed by atoms with Gasteiger partial charge in [-0.15, -0.1) is 6.58 Å². The van der Waals surface area contributed by atoms with Crippen molar-refractivity contribution in [2.24, 2.45) is 11.8 Å². The average molecular weight is 217 g/mol. The molecular weight excluding hydrogens is 194 g/mol. The summed E-state index contributed by atoms with van der Waals surface area (Å²) >= 11 is 0. The molecule has 0 saturated heterocycles. The van der Waals surface area contributed by atoms with Crippen LogP contribution in [0.15, 0.2) is 43.0 Å². The van der Waals surface area contributed by atoms with Crippen LogP contribution in [0.5, 0.6) is 0 Å². The van der Waals surface area contributed by atoms with E-state index >= 15 is 0 Å². The van der Waals surface area contributed by atoms with Crippen molar-refractivity contribution in [1.82, 2.24) is 5.32 Å². The number of nitrogens with one attached hydrogen (secondary N) is 1. The van der Waals surface area contributed by atoms with E-state index < -0.39 is 0 Å². The molecule has 0 aliphatic carbocycles. The SMILES string of the molecule is C=CC(CNCc1ccccc1)C(C)CC. The van der Waals surface area contributed by atoms with Crippen LogP contribution in [0.4, 0.5) is 0 Å². The molecule has 0 bridgehead atoms. The van der Waals surface area contributed by atoms with Gasteiger partial charge in [0.05, 0.1) is 0 Å². The first-order chi connectivity index (χ1) is 7.77. The number of hydrogen-bond donors (Lipinski definition) is 1. The van der Waals surface area contributed by atoms with Gasteiger partial charge in [0, 0.05) is 13.1 Å². The normalized spacial score (nSPS) is 14.4. The Kier molecular flexibility index (Phi) is 5.87. The lowest BCUT2D eigenvalue weighted by Crippen LogP contribution is -2.25. The van der Waals surface area contributed by atoms with Gasteiger partial charge in [0.15, 0.2) is 0 Å². The van der Waals surface area contributed by atoms with Gasteiger partial charge in [-0.1, -0.05) is 56.7 Å². The zero-order chi connectivity index (χ0) is 11.8. The van der Waals surface area contributed by atoms with Crippen LogP contribution >= 0.6 is 0 Å². The first-order valence-electron chi connectivity index (χ1n) is 6.15. The minimum Gasteiger partial charge on any atom is -0.312 e. The lowest BCUT2D eigenvalue weighted by atomic mass is 9.92. The summed E-state index contributed by atoms with van der Waals surface area (Å²) in [5.74, 6) is 1.29. The first-order valence-corrected chi connectivity index (χ1v) is 6.15. The third-order valence-corrected chi connectivity index (χ3v) is 3.23. The van der Waals surface area contributed by atoms with Gasteiger partial charge in [0.2, 0.25) is 0 Å². The molecule has 0 aromatic heterocycles. The average Bonchev–Trinajstić information content (AvgIpc) is 2.35. The van der Waals surface area contributed by atoms with Crippen LogP contribution < -0.4 is 5.32 Å². The molecule has 1 nitrogen and oxygen atoms in total. The van der Waals surface area contributed by atoms with Crippen LogP contribution in [-0.4, -0.2) is 6.54 Å². The fourth-order valence-electron chi connectivity index (χ4n) is 1.80. The molecule has 0 heterocycles. The Morgan fingerprint density at radius 2 is 2.00 bits per heavy atom. The van der Waals surface area contributed by atoms with Crippen LogP contribution in [0.3, 0.4) is 0 Å². The fraction of sp³-hybridized carbons (Fsp3) is 0.467. The van der Waals surface area contributed by atoms with Gasteiger partial charge < -0.3 is 5.32 Å². The highest BCUT2D eigenvalue weighted by atomic mass is 14.9. The van der Waals surface area contributed by atoms with Crippen molar-refractivity contribution in [3.05, 3.63) is 48.6 Å². The summed E-state index contributed by atoms with van der Waals surface area (Å²) < 4.78 is 0. The molecule has 1 aromatic carbocycles. The van der Waals surface area contributed by atoms with Gasteiger partial charge in [-0.25, -0.2) is 0 Å². The summed E-state index contributed by atoms with van der Waals surface area (Å²) in [6, 6.07) is 10.5. The van der Waals surface area contributed by atoms with Gasteiger partial charge in [-0.3, -0.25) is 0 Å². The molecule has 1 heteroatoms. The Labute approximate surface area is 99.6 Å². The molecule has 16 heavy (non-hydrogen) atoms. The zero-order valence-corrected chi connectivity index (χ0v) is 10.4. The molecule has 0 spiro atoms. The second kappa shape index (κ2) is 7.24. The highest BCUT2D eigenvalue weighted by Gasteiger charge is 2.10. The smallest absolute Gasteiger partial charge is 0.0205 e. The summed E-state index contributed by atoms with van der Waals surface area (Å²) in [5, 5.41) is 3.50. The quantitative estimate of drug-likeness (QED) is 0.688. The summed E-state index contributed by atoms with van der Waals surface area (Å²) in [4.78, 5) is 0. The third kappa shape index (κ3) is 4.19. The van der Waals surface area contributed by atoms with E-state index in [1.165, 1.54) is 12.0 Å². The predicted octanol–water partition coefficient (Wildman–Crippen LogP) is 3.62. The van der Waals surface area contributed by atoms with Crippen molar-refractivity contribution < 1.29 is 0 Å². The van der Waals surface area contributed by atoms with E-state index in [4.69, 9.17) is 0 Å². The van der Waals surface area contributed by atoms with E-state index in [1.807, 2.05) is 0 Å². The Morgan fingerprint density at radius 3 is 2.56 bits per heavy atom. The molecule has 1 rings (SSSR count). The number of benzene rings is 1. The summed E-state index contributed by atoms with van der Waals surface area (Å²) in [6.45, 7) is 10.4. The topological polar surface area (TPSA) is 12.0 Å². The van der Waals surface area contributed by atoms with Crippen LogP contribution in [0.2, 0.25) is 0 Å². The summed E-state index contributed by atoms with van der Waals surface area (Å²) in [5.41, 5.74) is 1.34. The molecule has 0 saturated carbocycles. The van der Waals surface area contributed by atoms with E-state index in [2.05, 4.69) is 62.2 Å². The van der Waals surface area contributed by atoms with E-state index in [9.17, 15) is 0 Å². The number of hydrogen-bond acceptors (Lipinski definition) is 1. The van der Waals surface area contributed by atoms with Crippen molar-refractivity contribution >= 4 is 0 Å². The molecule has 1 aromatic rings. The predicted molar refractivity (Wildman–Crippen MR) is 71.3 cm³/mol. The fourth-order valence-corrected chi connectivity index (χ4v) is 1.80. The molecule has 0 fully saturated rings. The molecule has 0 aliphatic heterocycles. The molecule has 0 radical (unpaired) electrons. The molecule has 0 amide bonds. The highest BCUT2D eigenvalue weighted by Crippen LogP contribution is 2.15. The molecule has 2 unspecified atom stereocenters. The first kappa shape index (κ1) is 13.0. The molecule has 1 N–H and O–H groups in total. The molecular formula is C15H23N. The van der Waals surface area contributed by atoms with Crippen LogP contribution in [0.25, 0.3) is 0 Å². The molecule has 88 valence electrons. The summed E-state index contributed by atoms with van der Waals surface area (Å²) in [6.07, 6.45) is 3.29. The van der Waals surface area contributed by atoms with Crippen molar-refractivity contribution in [3.8, 4) is 0 Å². The van der Waals surface area contributed by atoms with Gasteiger partial charge >= 0.3 is 0 Å². The Hall–Kier alpha value is -1.08. The van der Waals surface area contributed by atoms with Gasteiger partial charge in [-0.2, -0.15) is 0 Å². The van der Waals surface area contributed by atoms with Gasteiger partial charge in [-0.05, 0) is 17.4 Å². The van der Waals surface area contributed by atoms with Crippen molar-refractivity contribution in [2.75, 3.05) is 6.54 Å². The zero-order valence-electron chi connectivity index (χ0n) is 10.4. The number of rotatable bonds is 7. The monoisotopic (exact) mass is 217 g/mol. The van der Waals surface area contributed by atoms with E-state index in [0.29, 0.717) is 11.8 Å².